The van der Waals surface area contributed by atoms with Gasteiger partial charge in [0.2, 0.25) is 0 Å². The number of alkyl halides is 1. The van der Waals surface area contributed by atoms with E-state index in [0.717, 1.165) is 0 Å². The van der Waals surface area contributed by atoms with Crippen LogP contribution in [0.25, 0.3) is 11.5 Å². The Morgan fingerprint density at radius 1 is 1.17 bits per heavy atom. The van der Waals surface area contributed by atoms with Crippen LogP contribution in [0.3, 0.4) is 0 Å². The highest BCUT2D eigenvalue weighted by Gasteiger charge is 2.39. The van der Waals surface area contributed by atoms with Crippen LogP contribution in [0.4, 0.5) is 21.6 Å². The van der Waals surface area contributed by atoms with Crippen molar-refractivity contribution in [3.05, 3.63) is 70.5 Å². The van der Waals surface area contributed by atoms with Crippen LogP contribution in [-0.2, 0) is 4.74 Å². The molecule has 2 atom stereocenters. The Hall–Kier alpha value is -4.81. The summed E-state index contributed by atoms with van der Waals surface area (Å²) >= 11 is 0. The predicted octanol–water partition coefficient (Wildman–Crippen LogP) is 1.69. The van der Waals surface area contributed by atoms with Crippen molar-refractivity contribution in [3.8, 4) is 5.82 Å². The number of nitrogens with one attached hydrogen (secondary N) is 3. The number of ether oxygens (including phenoxy) is 1. The van der Waals surface area contributed by atoms with Crippen molar-refractivity contribution < 1.29 is 18.7 Å². The molecule has 4 heterocycles. The first kappa shape index (κ1) is 23.0. The Labute approximate surface area is 203 Å². The third-order valence-electron chi connectivity index (χ3n) is 5.62. The van der Waals surface area contributed by atoms with Crippen LogP contribution in [0.5, 0.6) is 0 Å². The highest BCUT2D eigenvalue weighted by atomic mass is 19.1. The molecule has 0 radical (unpaired) electrons. The maximum absolute atomic E-state index is 13.3. The molecule has 0 saturated heterocycles. The van der Waals surface area contributed by atoms with Crippen LogP contribution in [0, 0.1) is 0 Å². The minimum atomic E-state index is -1.04. The molecule has 4 aromatic rings. The number of aromatic nitrogens is 5. The fourth-order valence-electron chi connectivity index (χ4n) is 3.60. The second kappa shape index (κ2) is 9.09. The van der Waals surface area contributed by atoms with Crippen LogP contribution in [0.1, 0.15) is 27.3 Å². The molecular weight excluding hydrogens is 471 g/mol. The molecule has 184 valence electrons. The Balaban J connectivity index is 1.47. The topological polar surface area (TPSA) is 145 Å². The zero-order valence-corrected chi connectivity index (χ0v) is 19.2. The van der Waals surface area contributed by atoms with Gasteiger partial charge in [0.15, 0.2) is 17.2 Å². The molecule has 5 rings (SSSR count). The second-order valence-electron chi connectivity index (χ2n) is 8.02. The average molecular weight is 492 g/mol. The van der Waals surface area contributed by atoms with Crippen molar-refractivity contribution in [2.45, 2.75) is 18.6 Å². The lowest BCUT2D eigenvalue weighted by molar-refractivity contribution is 0.0600. The summed E-state index contributed by atoms with van der Waals surface area (Å²) < 4.78 is 20.6. The van der Waals surface area contributed by atoms with Gasteiger partial charge in [-0.2, -0.15) is 0 Å². The zero-order chi connectivity index (χ0) is 25.4. The van der Waals surface area contributed by atoms with Gasteiger partial charge in [0.25, 0.3) is 11.5 Å². The molecule has 1 amide bonds. The minimum absolute atomic E-state index is 0.129. The number of pyridine rings is 2. The normalized spacial score (nSPS) is 16.4. The summed E-state index contributed by atoms with van der Waals surface area (Å²) in [4.78, 5) is 45.9. The lowest BCUT2D eigenvalue weighted by Gasteiger charge is -2.12. The third kappa shape index (κ3) is 4.21. The van der Waals surface area contributed by atoms with Crippen LogP contribution >= 0.6 is 0 Å². The van der Waals surface area contributed by atoms with Gasteiger partial charge in [0.05, 0.1) is 30.6 Å². The SMILES string of the molecule is CNc1cc(Nc2cccn(-c3ccc(C(=O)OC)cn3)c2=O)nn2c(C(=O)N[C@@H]3C[C@@H]3F)cnc12. The molecule has 13 heteroatoms. The highest BCUT2D eigenvalue weighted by Crippen LogP contribution is 2.26. The number of hydrogen-bond acceptors (Lipinski definition) is 9. The molecule has 0 unspecified atom stereocenters. The van der Waals surface area contributed by atoms with E-state index in [1.807, 2.05) is 0 Å². The summed E-state index contributed by atoms with van der Waals surface area (Å²) in [5.74, 6) is -0.469. The summed E-state index contributed by atoms with van der Waals surface area (Å²) in [7, 11) is 2.96. The molecule has 0 bridgehead atoms. The first-order chi connectivity index (χ1) is 17.4. The lowest BCUT2D eigenvalue weighted by Crippen LogP contribution is -2.28. The van der Waals surface area contributed by atoms with E-state index in [0.29, 0.717) is 17.2 Å². The maximum atomic E-state index is 13.3. The number of nitrogens with zero attached hydrogens (tertiary/aromatic N) is 5. The molecule has 1 saturated carbocycles. The Morgan fingerprint density at radius 2 is 1.97 bits per heavy atom. The van der Waals surface area contributed by atoms with Gasteiger partial charge in [0.1, 0.15) is 17.7 Å². The number of hydrogen-bond donors (Lipinski definition) is 3. The first-order valence-electron chi connectivity index (χ1n) is 10.9. The summed E-state index contributed by atoms with van der Waals surface area (Å²) in [6, 6.07) is 7.39. The fraction of sp³-hybridized carbons (Fsp3) is 0.217. The van der Waals surface area contributed by atoms with Gasteiger partial charge in [-0.05, 0) is 24.3 Å². The minimum Gasteiger partial charge on any atom is -0.465 e. The van der Waals surface area contributed by atoms with Gasteiger partial charge in [0, 0.05) is 31.9 Å². The molecule has 4 aromatic heterocycles. The van der Waals surface area contributed by atoms with E-state index in [-0.39, 0.29) is 29.2 Å². The van der Waals surface area contributed by atoms with Crippen molar-refractivity contribution in [1.82, 2.24) is 29.5 Å². The number of amides is 1. The number of rotatable bonds is 7. The molecule has 1 fully saturated rings. The van der Waals surface area contributed by atoms with Crippen molar-refractivity contribution in [1.29, 1.82) is 0 Å². The van der Waals surface area contributed by atoms with E-state index < -0.39 is 29.6 Å². The molecule has 0 spiro atoms. The van der Waals surface area contributed by atoms with Gasteiger partial charge < -0.3 is 20.7 Å². The largest absolute Gasteiger partial charge is 0.465 e. The average Bonchev–Trinajstić information content (AvgIpc) is 3.41. The molecule has 1 aliphatic rings. The predicted molar refractivity (Wildman–Crippen MR) is 128 cm³/mol. The van der Waals surface area contributed by atoms with E-state index >= 15 is 0 Å². The molecule has 0 aliphatic heterocycles. The molecule has 0 aromatic carbocycles. The monoisotopic (exact) mass is 492 g/mol. The smallest absolute Gasteiger partial charge is 0.339 e. The van der Waals surface area contributed by atoms with Crippen LogP contribution in [-0.4, -0.2) is 62.4 Å². The summed E-state index contributed by atoms with van der Waals surface area (Å²) in [5.41, 5.74) is 1.10. The van der Waals surface area contributed by atoms with Gasteiger partial charge in [-0.15, -0.1) is 5.10 Å². The second-order valence-corrected chi connectivity index (χ2v) is 8.02. The molecule has 3 N–H and O–H groups in total. The number of carbonyl (C=O) groups is 2. The van der Waals surface area contributed by atoms with E-state index in [9.17, 15) is 18.8 Å². The van der Waals surface area contributed by atoms with Crippen molar-refractivity contribution in [2.75, 3.05) is 24.8 Å². The zero-order valence-electron chi connectivity index (χ0n) is 19.2. The summed E-state index contributed by atoms with van der Waals surface area (Å²) in [6.07, 6.45) is 3.46. The summed E-state index contributed by atoms with van der Waals surface area (Å²) in [6.45, 7) is 0. The number of esters is 1. The van der Waals surface area contributed by atoms with Gasteiger partial charge in [-0.1, -0.05) is 0 Å². The highest BCUT2D eigenvalue weighted by molar-refractivity contribution is 5.94. The third-order valence-corrected chi connectivity index (χ3v) is 5.62. The Kier molecular flexibility index (Phi) is 5.80. The van der Waals surface area contributed by atoms with Gasteiger partial charge in [-0.25, -0.2) is 23.7 Å². The number of fused-ring (bicyclic) bond motifs is 1. The number of methoxy groups -OCH3 is 1. The maximum Gasteiger partial charge on any atom is 0.339 e. The van der Waals surface area contributed by atoms with Crippen LogP contribution in [0.15, 0.2) is 53.7 Å². The molecule has 36 heavy (non-hydrogen) atoms. The standard InChI is InChI=1S/C23H21FN8O4/c1-25-16-9-18(30-32-17(11-27-20(16)32)21(33)29-15-8-13(15)24)28-14-4-3-7-31(22(14)34)19-6-5-12(10-26-19)23(35)36-2/h3-7,9-11,13,15,25H,8H2,1-2H3,(H,28,30)(H,29,33)/t13-,15+/m0/s1. The van der Waals surface area contributed by atoms with Crippen molar-refractivity contribution in [3.63, 3.8) is 0 Å². The number of carbonyl (C=O) groups excluding carboxylic acids is 2. The Morgan fingerprint density at radius 3 is 2.64 bits per heavy atom. The van der Waals surface area contributed by atoms with Crippen molar-refractivity contribution >= 4 is 34.7 Å². The summed E-state index contributed by atoms with van der Waals surface area (Å²) in [5, 5.41) is 13.0. The van der Waals surface area contributed by atoms with Crippen LogP contribution < -0.4 is 21.5 Å². The van der Waals surface area contributed by atoms with E-state index in [1.165, 1.54) is 46.9 Å². The number of anilines is 3. The number of halogens is 1. The van der Waals surface area contributed by atoms with Crippen LogP contribution in [0.2, 0.25) is 0 Å². The fourth-order valence-corrected chi connectivity index (χ4v) is 3.60. The quantitative estimate of drug-likeness (QED) is 0.328. The van der Waals surface area contributed by atoms with Gasteiger partial charge in [-0.3, -0.25) is 14.2 Å². The lowest BCUT2D eigenvalue weighted by atomic mass is 10.3. The molecule has 1 aliphatic carbocycles. The van der Waals surface area contributed by atoms with E-state index in [1.54, 1.807) is 25.2 Å². The number of imidazole rings is 1. The van der Waals surface area contributed by atoms with Gasteiger partial charge >= 0.3 is 5.97 Å². The molecule has 12 nitrogen and oxygen atoms in total. The Bertz CT molecular complexity index is 1530. The van der Waals surface area contributed by atoms with Crippen molar-refractivity contribution in [2.24, 2.45) is 0 Å². The van der Waals surface area contributed by atoms with E-state index in [2.05, 4.69) is 35.8 Å². The molecular formula is C23H21FN8O4. The first-order valence-corrected chi connectivity index (χ1v) is 10.9. The van der Waals surface area contributed by atoms with E-state index in [4.69, 9.17) is 0 Å².